The third kappa shape index (κ3) is 5.50. The van der Waals surface area contributed by atoms with E-state index >= 15 is 0 Å². The van der Waals surface area contributed by atoms with Gasteiger partial charge in [-0.1, -0.05) is 12.5 Å². The normalized spacial score (nSPS) is 17.9. The number of carbonyl (C=O) groups is 2. The van der Waals surface area contributed by atoms with Crippen LogP contribution in [0.3, 0.4) is 0 Å². The van der Waals surface area contributed by atoms with Gasteiger partial charge in [-0.2, -0.15) is 4.31 Å². The van der Waals surface area contributed by atoms with Crippen LogP contribution < -0.4 is 5.32 Å². The lowest BCUT2D eigenvalue weighted by atomic mass is 9.98. The van der Waals surface area contributed by atoms with Crippen molar-refractivity contribution in [3.05, 3.63) is 29.8 Å². The molecule has 9 heteroatoms. The van der Waals surface area contributed by atoms with Crippen LogP contribution >= 0.6 is 0 Å². The van der Waals surface area contributed by atoms with E-state index in [1.165, 1.54) is 35.7 Å². The number of hydrogen-bond donors (Lipinski definition) is 2. The Labute approximate surface area is 159 Å². The molecule has 2 N–H and O–H groups in total. The lowest BCUT2D eigenvalue weighted by Gasteiger charge is -2.29. The molecule has 0 aromatic heterocycles. The molecule has 0 bridgehead atoms. The molecule has 1 aromatic carbocycles. The van der Waals surface area contributed by atoms with E-state index in [1.54, 1.807) is 6.92 Å². The summed E-state index contributed by atoms with van der Waals surface area (Å²) < 4.78 is 32.0. The molecule has 1 atom stereocenters. The zero-order valence-electron chi connectivity index (χ0n) is 15.6. The van der Waals surface area contributed by atoms with Crippen molar-refractivity contribution in [2.24, 2.45) is 0 Å². The second-order valence-corrected chi connectivity index (χ2v) is 8.95. The lowest BCUT2D eigenvalue weighted by molar-refractivity contribution is -0.139. The van der Waals surface area contributed by atoms with E-state index in [9.17, 15) is 18.0 Å². The Morgan fingerprint density at radius 2 is 1.93 bits per heavy atom. The lowest BCUT2D eigenvalue weighted by Crippen LogP contribution is -2.50. The third-order valence-electron chi connectivity index (χ3n) is 4.47. The van der Waals surface area contributed by atoms with E-state index in [-0.39, 0.29) is 23.5 Å². The largest absolute Gasteiger partial charge is 0.481 e. The van der Waals surface area contributed by atoms with Gasteiger partial charge in [0, 0.05) is 25.8 Å². The maximum absolute atomic E-state index is 12.8. The highest BCUT2D eigenvalue weighted by atomic mass is 32.2. The summed E-state index contributed by atoms with van der Waals surface area (Å²) in [6, 6.07) is 5.80. The minimum atomic E-state index is -3.66. The van der Waals surface area contributed by atoms with Gasteiger partial charge in [-0.3, -0.25) is 9.59 Å². The van der Waals surface area contributed by atoms with E-state index < -0.39 is 27.4 Å². The summed E-state index contributed by atoms with van der Waals surface area (Å²) >= 11 is 0. The number of ether oxygens (including phenoxy) is 1. The summed E-state index contributed by atoms with van der Waals surface area (Å²) in [7, 11) is -2.24. The molecule has 1 aromatic rings. The quantitative estimate of drug-likeness (QED) is 0.686. The number of carboxylic acid groups (broad SMARTS) is 1. The third-order valence-corrected chi connectivity index (χ3v) is 6.36. The maximum atomic E-state index is 12.8. The summed E-state index contributed by atoms with van der Waals surface area (Å²) in [6.45, 7) is 2.53. The van der Waals surface area contributed by atoms with E-state index in [0.29, 0.717) is 13.1 Å². The number of rotatable bonds is 8. The average molecular weight is 398 g/mol. The van der Waals surface area contributed by atoms with Crippen LogP contribution in [0, 0.1) is 0 Å². The second kappa shape index (κ2) is 8.81. The van der Waals surface area contributed by atoms with E-state index in [1.807, 2.05) is 0 Å². The van der Waals surface area contributed by atoms with Crippen LogP contribution in [0.25, 0.3) is 0 Å². The maximum Gasteiger partial charge on any atom is 0.305 e. The van der Waals surface area contributed by atoms with Crippen LogP contribution in [-0.4, -0.2) is 62.1 Å². The molecule has 1 unspecified atom stereocenters. The number of sulfonamides is 1. The minimum absolute atomic E-state index is 0.0107. The highest BCUT2D eigenvalue weighted by Gasteiger charge is 2.31. The fourth-order valence-electron chi connectivity index (χ4n) is 3.18. The molecule has 27 heavy (non-hydrogen) atoms. The summed E-state index contributed by atoms with van der Waals surface area (Å²) in [6.07, 6.45) is 2.34. The number of nitrogens with zero attached hydrogens (tertiary/aromatic N) is 1. The smallest absolute Gasteiger partial charge is 0.305 e. The van der Waals surface area contributed by atoms with Gasteiger partial charge in [0.15, 0.2) is 0 Å². The van der Waals surface area contributed by atoms with E-state index in [4.69, 9.17) is 9.84 Å². The fourth-order valence-corrected chi connectivity index (χ4v) is 4.75. The zero-order valence-corrected chi connectivity index (χ0v) is 16.4. The van der Waals surface area contributed by atoms with Crippen molar-refractivity contribution >= 4 is 21.9 Å². The van der Waals surface area contributed by atoms with Gasteiger partial charge in [-0.15, -0.1) is 0 Å². The summed E-state index contributed by atoms with van der Waals surface area (Å²) in [5, 5.41) is 11.7. The topological polar surface area (TPSA) is 113 Å². The Morgan fingerprint density at radius 1 is 1.26 bits per heavy atom. The number of carboxylic acids is 1. The number of hydrogen-bond acceptors (Lipinski definition) is 5. The van der Waals surface area contributed by atoms with Gasteiger partial charge in [-0.25, -0.2) is 8.42 Å². The zero-order chi connectivity index (χ0) is 20.1. The van der Waals surface area contributed by atoms with Gasteiger partial charge < -0.3 is 15.2 Å². The first-order valence-corrected chi connectivity index (χ1v) is 10.3. The van der Waals surface area contributed by atoms with Crippen molar-refractivity contribution in [2.75, 3.05) is 26.8 Å². The van der Waals surface area contributed by atoms with Crippen LogP contribution in [-0.2, 0) is 19.6 Å². The molecule has 0 radical (unpaired) electrons. The molecule has 0 spiro atoms. The molecule has 1 heterocycles. The van der Waals surface area contributed by atoms with Gasteiger partial charge >= 0.3 is 5.97 Å². The van der Waals surface area contributed by atoms with Crippen molar-refractivity contribution in [3.8, 4) is 0 Å². The van der Waals surface area contributed by atoms with E-state index in [0.717, 1.165) is 19.3 Å². The van der Waals surface area contributed by atoms with Crippen molar-refractivity contribution in [2.45, 2.75) is 43.0 Å². The molecule has 1 amide bonds. The number of carbonyl (C=O) groups excluding carboxylic acids is 1. The predicted octanol–water partition coefficient (Wildman–Crippen LogP) is 1.47. The number of methoxy groups -OCH3 is 1. The first-order chi connectivity index (χ1) is 12.7. The monoisotopic (exact) mass is 398 g/mol. The SMILES string of the molecule is COCC(C)(CC(=O)O)NC(=O)c1cccc(S(=O)(=O)N2CCCCC2)c1. The van der Waals surface area contributed by atoms with Crippen molar-refractivity contribution in [1.29, 1.82) is 0 Å². The Kier molecular flexibility index (Phi) is 6.96. The molecular formula is C18H26N2O6S. The van der Waals surface area contributed by atoms with Crippen molar-refractivity contribution in [3.63, 3.8) is 0 Å². The first-order valence-electron chi connectivity index (χ1n) is 8.81. The molecule has 0 saturated carbocycles. The number of nitrogens with one attached hydrogen (secondary N) is 1. The highest BCUT2D eigenvalue weighted by molar-refractivity contribution is 7.89. The molecule has 1 saturated heterocycles. The summed E-state index contributed by atoms with van der Waals surface area (Å²) in [5.74, 6) is -1.62. The van der Waals surface area contributed by atoms with Crippen LogP contribution in [0.1, 0.15) is 43.0 Å². The van der Waals surface area contributed by atoms with Gasteiger partial charge in [-0.05, 0) is 38.0 Å². The van der Waals surface area contributed by atoms with Gasteiger partial charge in [0.25, 0.3) is 5.91 Å². The second-order valence-electron chi connectivity index (χ2n) is 7.01. The molecular weight excluding hydrogens is 372 g/mol. The number of amides is 1. The van der Waals surface area contributed by atoms with E-state index in [2.05, 4.69) is 5.32 Å². The molecule has 1 fully saturated rings. The summed E-state index contributed by atoms with van der Waals surface area (Å²) in [4.78, 5) is 23.7. The van der Waals surface area contributed by atoms with Gasteiger partial charge in [0.1, 0.15) is 0 Å². The Morgan fingerprint density at radius 3 is 2.52 bits per heavy atom. The number of piperidine rings is 1. The first kappa shape index (κ1) is 21.3. The van der Waals surface area contributed by atoms with Gasteiger partial charge in [0.2, 0.25) is 10.0 Å². The minimum Gasteiger partial charge on any atom is -0.481 e. The Bertz CT molecular complexity index is 789. The molecule has 0 aliphatic carbocycles. The van der Waals surface area contributed by atoms with Crippen molar-refractivity contribution in [1.82, 2.24) is 9.62 Å². The average Bonchev–Trinajstić information content (AvgIpc) is 2.61. The fraction of sp³-hybridized carbons (Fsp3) is 0.556. The molecule has 1 aliphatic rings. The van der Waals surface area contributed by atoms with Crippen LogP contribution in [0.2, 0.25) is 0 Å². The predicted molar refractivity (Wildman–Crippen MR) is 99.1 cm³/mol. The molecule has 150 valence electrons. The molecule has 1 aliphatic heterocycles. The Balaban J connectivity index is 2.22. The molecule has 8 nitrogen and oxygen atoms in total. The molecule has 2 rings (SSSR count). The number of aliphatic carboxylic acids is 1. The Hall–Kier alpha value is -1.97. The van der Waals surface area contributed by atoms with Crippen LogP contribution in [0.15, 0.2) is 29.2 Å². The highest BCUT2D eigenvalue weighted by Crippen LogP contribution is 2.22. The summed E-state index contributed by atoms with van der Waals surface area (Å²) in [5.41, 5.74) is -0.958. The standard InChI is InChI=1S/C18H26N2O6S/c1-18(13-26-2,12-16(21)22)19-17(23)14-7-6-8-15(11-14)27(24,25)20-9-4-3-5-10-20/h6-8,11H,3-5,9-10,12-13H2,1-2H3,(H,19,23)(H,21,22). The van der Waals surface area contributed by atoms with Crippen molar-refractivity contribution < 1.29 is 27.9 Å². The van der Waals surface area contributed by atoms with Crippen LogP contribution in [0.5, 0.6) is 0 Å². The number of benzene rings is 1. The van der Waals surface area contributed by atoms with Gasteiger partial charge in [0.05, 0.1) is 23.5 Å². The van der Waals surface area contributed by atoms with Crippen LogP contribution in [0.4, 0.5) is 0 Å².